The number of aliphatic carboxylic acids is 2. The summed E-state index contributed by atoms with van der Waals surface area (Å²) in [5, 5.41) is 24.9. The van der Waals surface area contributed by atoms with E-state index in [1.54, 1.807) is 12.1 Å². The molecule has 0 radical (unpaired) electrons. The lowest BCUT2D eigenvalue weighted by Gasteiger charge is -2.26. The Hall–Kier alpha value is -2.10. The fraction of sp³-hybridized carbons (Fsp3) is 0.526. The maximum absolute atomic E-state index is 13.0. The first-order valence-electron chi connectivity index (χ1n) is 9.38. The molecule has 0 saturated carbocycles. The normalized spacial score (nSPS) is 17.7. The first kappa shape index (κ1) is 22.2. The van der Waals surface area contributed by atoms with E-state index in [4.69, 9.17) is 0 Å². The molecule has 0 aliphatic carbocycles. The summed E-state index contributed by atoms with van der Waals surface area (Å²) in [5.74, 6) is -2.20. The molecule has 0 aromatic heterocycles. The number of hydrogen-bond donors (Lipinski definition) is 4. The number of unbranched alkanes of at least 4 members (excludes halogenated alkanes) is 1. The number of carboxylic acids is 2. The van der Waals surface area contributed by atoms with Crippen molar-refractivity contribution in [3.8, 4) is 0 Å². The molecule has 28 heavy (non-hydrogen) atoms. The highest BCUT2D eigenvalue weighted by Gasteiger charge is 2.34. The van der Waals surface area contributed by atoms with Gasteiger partial charge >= 0.3 is 11.9 Å². The van der Waals surface area contributed by atoms with Crippen LogP contribution >= 0.6 is 11.8 Å². The molecule has 0 fully saturated rings. The minimum atomic E-state index is -1.12. The molecule has 0 bridgehead atoms. The van der Waals surface area contributed by atoms with Crippen molar-refractivity contribution < 1.29 is 24.6 Å². The van der Waals surface area contributed by atoms with Gasteiger partial charge in [-0.3, -0.25) is 24.6 Å². The van der Waals surface area contributed by atoms with Gasteiger partial charge in [-0.2, -0.15) is 0 Å². The number of carboxylic acid groups (broad SMARTS) is 2. The van der Waals surface area contributed by atoms with Crippen LogP contribution in [0.2, 0.25) is 0 Å². The van der Waals surface area contributed by atoms with Crippen molar-refractivity contribution in [2.24, 2.45) is 0 Å². The number of nitrogens with zero attached hydrogens (tertiary/aromatic N) is 1. The number of anilines is 1. The van der Waals surface area contributed by atoms with E-state index in [-0.39, 0.29) is 0 Å². The molecule has 1 aromatic rings. The number of benzene rings is 1. The van der Waals surface area contributed by atoms with Crippen LogP contribution in [0.4, 0.5) is 5.69 Å². The summed E-state index contributed by atoms with van der Waals surface area (Å²) in [5.41, 5.74) is 0.543. The van der Waals surface area contributed by atoms with E-state index in [2.05, 4.69) is 10.6 Å². The fourth-order valence-corrected chi connectivity index (χ4v) is 4.15. The van der Waals surface area contributed by atoms with E-state index in [0.717, 1.165) is 24.4 Å². The highest BCUT2D eigenvalue weighted by atomic mass is 32.2. The molecule has 4 N–H and O–H groups in total. The van der Waals surface area contributed by atoms with E-state index in [0.29, 0.717) is 24.3 Å². The quantitative estimate of drug-likeness (QED) is 0.405. The number of hydrogen-bond acceptors (Lipinski definition) is 6. The minimum absolute atomic E-state index is 0.340. The fourth-order valence-electron chi connectivity index (χ4n) is 3.07. The number of para-hydroxylation sites is 1. The Bertz CT molecular complexity index is 700. The zero-order chi connectivity index (χ0) is 20.5. The van der Waals surface area contributed by atoms with Crippen molar-refractivity contribution in [1.82, 2.24) is 10.6 Å². The number of rotatable bonds is 11. The topological polar surface area (TPSA) is 119 Å². The van der Waals surface area contributed by atoms with Crippen LogP contribution in [0.5, 0.6) is 0 Å². The number of thioether (sulfide) groups is 1. The van der Waals surface area contributed by atoms with Gasteiger partial charge in [0.25, 0.3) is 0 Å². The molecule has 1 aliphatic heterocycles. The van der Waals surface area contributed by atoms with Gasteiger partial charge in [0, 0.05) is 10.6 Å². The van der Waals surface area contributed by atoms with Gasteiger partial charge in [-0.15, -0.1) is 11.8 Å². The Kier molecular flexibility index (Phi) is 8.75. The molecular weight excluding hydrogens is 382 g/mol. The molecule has 1 amide bonds. The second kappa shape index (κ2) is 11.0. The molecule has 0 spiro atoms. The SMILES string of the molecule is CCNCCCC[C@H](N[C@H]1CSc2ccccc2N(CC(=O)O)C1=O)C(=O)O. The van der Waals surface area contributed by atoms with Gasteiger partial charge in [-0.05, 0) is 38.1 Å². The molecule has 2 atom stereocenters. The molecule has 1 aliphatic rings. The average molecular weight is 410 g/mol. The molecular formula is C19H27N3O5S. The second-order valence-corrected chi connectivity index (χ2v) is 7.62. The maximum atomic E-state index is 13.0. The number of nitrogens with one attached hydrogen (secondary N) is 2. The van der Waals surface area contributed by atoms with Gasteiger partial charge in [0.2, 0.25) is 5.91 Å². The van der Waals surface area contributed by atoms with Crippen molar-refractivity contribution in [1.29, 1.82) is 0 Å². The van der Waals surface area contributed by atoms with Crippen molar-refractivity contribution >= 4 is 35.3 Å². The first-order chi connectivity index (χ1) is 13.4. The van der Waals surface area contributed by atoms with E-state index in [9.17, 15) is 24.6 Å². The van der Waals surface area contributed by atoms with Crippen molar-refractivity contribution in [2.45, 2.75) is 43.2 Å². The highest BCUT2D eigenvalue weighted by Crippen LogP contribution is 2.34. The van der Waals surface area contributed by atoms with Crippen LogP contribution in [0.1, 0.15) is 26.2 Å². The van der Waals surface area contributed by atoms with Crippen LogP contribution < -0.4 is 15.5 Å². The van der Waals surface area contributed by atoms with Crippen LogP contribution in [0.15, 0.2) is 29.2 Å². The Labute approximate surface area is 168 Å². The summed E-state index contributed by atoms with van der Waals surface area (Å²) >= 11 is 1.42. The van der Waals surface area contributed by atoms with E-state index in [1.165, 1.54) is 16.7 Å². The van der Waals surface area contributed by atoms with Gasteiger partial charge in [0.05, 0.1) is 11.7 Å². The summed E-state index contributed by atoms with van der Waals surface area (Å²) in [6.07, 6.45) is 1.97. The second-order valence-electron chi connectivity index (χ2n) is 6.56. The molecule has 2 rings (SSSR count). The largest absolute Gasteiger partial charge is 0.480 e. The van der Waals surface area contributed by atoms with Crippen molar-refractivity contribution in [3.05, 3.63) is 24.3 Å². The molecule has 154 valence electrons. The van der Waals surface area contributed by atoms with Gasteiger partial charge in [-0.25, -0.2) is 0 Å². The summed E-state index contributed by atoms with van der Waals surface area (Å²) < 4.78 is 0. The monoisotopic (exact) mass is 409 g/mol. The van der Waals surface area contributed by atoms with Gasteiger partial charge in [-0.1, -0.05) is 25.5 Å². The number of carbonyl (C=O) groups is 3. The van der Waals surface area contributed by atoms with Crippen LogP contribution in [0.25, 0.3) is 0 Å². The van der Waals surface area contributed by atoms with Gasteiger partial charge in [0.1, 0.15) is 12.6 Å². The Morgan fingerprint density at radius 2 is 2.04 bits per heavy atom. The molecule has 9 heteroatoms. The zero-order valence-electron chi connectivity index (χ0n) is 15.9. The zero-order valence-corrected chi connectivity index (χ0v) is 16.7. The number of carbonyl (C=O) groups excluding carboxylic acids is 1. The van der Waals surface area contributed by atoms with Crippen LogP contribution in [0.3, 0.4) is 0 Å². The Balaban J connectivity index is 2.10. The summed E-state index contributed by atoms with van der Waals surface area (Å²) in [4.78, 5) is 38.0. The molecule has 0 saturated heterocycles. The molecule has 1 aromatic carbocycles. The van der Waals surface area contributed by atoms with Crippen molar-refractivity contribution in [2.75, 3.05) is 30.3 Å². The predicted molar refractivity (Wildman–Crippen MR) is 108 cm³/mol. The summed E-state index contributed by atoms with van der Waals surface area (Å²) in [7, 11) is 0. The predicted octanol–water partition coefficient (Wildman–Crippen LogP) is 1.40. The third-order valence-corrected chi connectivity index (χ3v) is 5.62. The standard InChI is InChI=1S/C19H27N3O5S/c1-2-20-10-6-5-7-13(19(26)27)21-14-12-28-16-9-4-3-8-15(16)22(18(14)25)11-17(23)24/h3-4,8-9,13-14,20-21H,2,5-7,10-12H2,1H3,(H,23,24)(H,26,27)/t13-,14-/m0/s1. The number of amides is 1. The summed E-state index contributed by atoms with van der Waals surface area (Å²) in [6, 6.07) is 5.49. The van der Waals surface area contributed by atoms with Crippen LogP contribution in [-0.2, 0) is 14.4 Å². The van der Waals surface area contributed by atoms with Gasteiger partial charge < -0.3 is 15.5 Å². The van der Waals surface area contributed by atoms with Crippen LogP contribution in [0, 0.1) is 0 Å². The lowest BCUT2D eigenvalue weighted by Crippen LogP contribution is -2.53. The average Bonchev–Trinajstić information content (AvgIpc) is 2.78. The van der Waals surface area contributed by atoms with E-state index >= 15 is 0 Å². The summed E-state index contributed by atoms with van der Waals surface area (Å²) in [6.45, 7) is 3.24. The lowest BCUT2D eigenvalue weighted by atomic mass is 10.1. The number of fused-ring (bicyclic) bond motifs is 1. The Morgan fingerprint density at radius 1 is 1.29 bits per heavy atom. The van der Waals surface area contributed by atoms with Gasteiger partial charge in [0.15, 0.2) is 0 Å². The first-order valence-corrected chi connectivity index (χ1v) is 10.4. The molecule has 8 nitrogen and oxygen atoms in total. The Morgan fingerprint density at radius 3 is 2.71 bits per heavy atom. The smallest absolute Gasteiger partial charge is 0.323 e. The molecule has 0 unspecified atom stereocenters. The third kappa shape index (κ3) is 6.22. The third-order valence-electron chi connectivity index (χ3n) is 4.47. The maximum Gasteiger partial charge on any atom is 0.323 e. The lowest BCUT2D eigenvalue weighted by molar-refractivity contribution is -0.140. The van der Waals surface area contributed by atoms with E-state index < -0.39 is 36.5 Å². The van der Waals surface area contributed by atoms with Crippen LogP contribution in [-0.4, -0.2) is 65.5 Å². The molecule has 1 heterocycles. The minimum Gasteiger partial charge on any atom is -0.480 e. The highest BCUT2D eigenvalue weighted by molar-refractivity contribution is 7.99. The van der Waals surface area contributed by atoms with Crippen molar-refractivity contribution in [3.63, 3.8) is 0 Å². The van der Waals surface area contributed by atoms with E-state index in [1.807, 2.05) is 19.1 Å².